The van der Waals surface area contributed by atoms with Crippen LogP contribution in [0.1, 0.15) is 31.0 Å². The highest BCUT2D eigenvalue weighted by Crippen LogP contribution is 2.32. The normalized spacial score (nSPS) is 22.3. The first-order valence-electron chi connectivity index (χ1n) is 5.21. The second-order valence-electron chi connectivity index (χ2n) is 4.34. The number of hydrogen-bond acceptors (Lipinski definition) is 2. The van der Waals surface area contributed by atoms with Gasteiger partial charge in [-0.05, 0) is 37.5 Å². The minimum atomic E-state index is 0.129. The molecule has 2 atom stereocenters. The number of nitrogens with two attached hydrogens (primary N) is 1. The Morgan fingerprint density at radius 1 is 1.50 bits per heavy atom. The van der Waals surface area contributed by atoms with Crippen LogP contribution < -0.4 is 10.6 Å². The molecule has 0 fully saturated rings. The highest BCUT2D eigenvalue weighted by atomic mass is 15.1. The first kappa shape index (κ1) is 9.53. The van der Waals surface area contributed by atoms with Crippen molar-refractivity contribution < 1.29 is 0 Å². The topological polar surface area (TPSA) is 29.3 Å². The van der Waals surface area contributed by atoms with Crippen LogP contribution in [-0.4, -0.2) is 13.1 Å². The first-order valence-corrected chi connectivity index (χ1v) is 5.21. The van der Waals surface area contributed by atoms with Gasteiger partial charge in [-0.3, -0.25) is 0 Å². The molecule has 2 heteroatoms. The van der Waals surface area contributed by atoms with E-state index in [0.29, 0.717) is 6.04 Å². The van der Waals surface area contributed by atoms with Crippen LogP contribution in [0.5, 0.6) is 0 Å². The van der Waals surface area contributed by atoms with Crippen molar-refractivity contribution in [1.29, 1.82) is 0 Å². The molecule has 1 aliphatic rings. The molecule has 14 heavy (non-hydrogen) atoms. The summed E-state index contributed by atoms with van der Waals surface area (Å²) in [4.78, 5) is 2.33. The maximum Gasteiger partial charge on any atom is 0.0402 e. The standard InChI is InChI=1S/C12H18N2/c1-8-6-11-5-4-10(9(2)13)7-12(11)14(8)3/h4-5,7-9H,6,13H2,1-3H3. The Morgan fingerprint density at radius 3 is 2.86 bits per heavy atom. The number of anilines is 1. The lowest BCUT2D eigenvalue weighted by atomic mass is 10.0. The van der Waals surface area contributed by atoms with E-state index in [-0.39, 0.29) is 6.04 Å². The highest BCUT2D eigenvalue weighted by Gasteiger charge is 2.22. The highest BCUT2D eigenvalue weighted by molar-refractivity contribution is 5.60. The molecular formula is C12H18N2. The van der Waals surface area contributed by atoms with Crippen LogP contribution in [0.3, 0.4) is 0 Å². The van der Waals surface area contributed by atoms with Gasteiger partial charge in [-0.25, -0.2) is 0 Å². The predicted molar refractivity (Wildman–Crippen MR) is 60.6 cm³/mol. The fourth-order valence-electron chi connectivity index (χ4n) is 2.06. The third-order valence-electron chi connectivity index (χ3n) is 3.19. The molecule has 0 saturated carbocycles. The molecule has 0 amide bonds. The van der Waals surface area contributed by atoms with Crippen LogP contribution in [0, 0.1) is 0 Å². The Bertz CT molecular complexity index is 344. The molecule has 2 nitrogen and oxygen atoms in total. The van der Waals surface area contributed by atoms with Crippen molar-refractivity contribution in [3.05, 3.63) is 29.3 Å². The van der Waals surface area contributed by atoms with Crippen LogP contribution in [0.15, 0.2) is 18.2 Å². The summed E-state index contributed by atoms with van der Waals surface area (Å²) in [6.45, 7) is 4.28. The van der Waals surface area contributed by atoms with Gasteiger partial charge >= 0.3 is 0 Å². The summed E-state index contributed by atoms with van der Waals surface area (Å²) in [5.41, 5.74) is 9.90. The number of benzene rings is 1. The van der Waals surface area contributed by atoms with E-state index in [1.165, 1.54) is 16.8 Å². The summed E-state index contributed by atoms with van der Waals surface area (Å²) >= 11 is 0. The van der Waals surface area contributed by atoms with E-state index in [1.807, 2.05) is 6.92 Å². The zero-order chi connectivity index (χ0) is 10.3. The molecule has 0 spiro atoms. The fourth-order valence-corrected chi connectivity index (χ4v) is 2.06. The Hall–Kier alpha value is -1.02. The smallest absolute Gasteiger partial charge is 0.0402 e. The summed E-state index contributed by atoms with van der Waals surface area (Å²) in [5, 5.41) is 0. The van der Waals surface area contributed by atoms with E-state index in [0.717, 1.165) is 6.42 Å². The fraction of sp³-hybridized carbons (Fsp3) is 0.500. The van der Waals surface area contributed by atoms with Gasteiger partial charge in [0.15, 0.2) is 0 Å². The van der Waals surface area contributed by atoms with Gasteiger partial charge in [0.1, 0.15) is 0 Å². The quantitative estimate of drug-likeness (QED) is 0.734. The number of rotatable bonds is 1. The molecule has 0 saturated heterocycles. The average Bonchev–Trinajstić information content (AvgIpc) is 2.43. The lowest BCUT2D eigenvalue weighted by Gasteiger charge is -2.19. The summed E-state index contributed by atoms with van der Waals surface area (Å²) in [6.07, 6.45) is 1.16. The van der Waals surface area contributed by atoms with Crippen molar-refractivity contribution in [2.24, 2.45) is 5.73 Å². The molecule has 0 bridgehead atoms. The van der Waals surface area contributed by atoms with Crippen LogP contribution >= 0.6 is 0 Å². The second kappa shape index (κ2) is 3.28. The predicted octanol–water partition coefficient (Wildman–Crippen LogP) is 2.09. The van der Waals surface area contributed by atoms with E-state index < -0.39 is 0 Å². The van der Waals surface area contributed by atoms with Crippen molar-refractivity contribution >= 4 is 5.69 Å². The van der Waals surface area contributed by atoms with Crippen molar-refractivity contribution in [3.63, 3.8) is 0 Å². The third-order valence-corrected chi connectivity index (χ3v) is 3.19. The second-order valence-corrected chi connectivity index (χ2v) is 4.34. The Morgan fingerprint density at radius 2 is 2.21 bits per heavy atom. The van der Waals surface area contributed by atoms with Crippen LogP contribution in [0.25, 0.3) is 0 Å². The monoisotopic (exact) mass is 190 g/mol. The minimum absolute atomic E-state index is 0.129. The Kier molecular flexibility index (Phi) is 2.23. The van der Waals surface area contributed by atoms with Crippen molar-refractivity contribution in [2.75, 3.05) is 11.9 Å². The molecule has 2 N–H and O–H groups in total. The molecule has 2 unspecified atom stereocenters. The van der Waals surface area contributed by atoms with E-state index >= 15 is 0 Å². The molecular weight excluding hydrogens is 172 g/mol. The summed E-state index contributed by atoms with van der Waals surface area (Å²) in [7, 11) is 2.15. The summed E-state index contributed by atoms with van der Waals surface area (Å²) in [6, 6.07) is 7.34. The number of fused-ring (bicyclic) bond motifs is 1. The van der Waals surface area contributed by atoms with Gasteiger partial charge in [0.25, 0.3) is 0 Å². The lowest BCUT2D eigenvalue weighted by Crippen LogP contribution is -2.23. The van der Waals surface area contributed by atoms with E-state index in [1.54, 1.807) is 0 Å². The molecule has 0 radical (unpaired) electrons. The maximum atomic E-state index is 5.87. The average molecular weight is 190 g/mol. The molecule has 2 rings (SSSR count). The Labute approximate surface area is 85.7 Å². The lowest BCUT2D eigenvalue weighted by molar-refractivity contribution is 0.732. The van der Waals surface area contributed by atoms with Crippen LogP contribution in [0.2, 0.25) is 0 Å². The van der Waals surface area contributed by atoms with Gasteiger partial charge in [-0.15, -0.1) is 0 Å². The summed E-state index contributed by atoms with van der Waals surface area (Å²) < 4.78 is 0. The van der Waals surface area contributed by atoms with Gasteiger partial charge in [0.05, 0.1) is 0 Å². The van der Waals surface area contributed by atoms with Crippen molar-refractivity contribution in [1.82, 2.24) is 0 Å². The van der Waals surface area contributed by atoms with Gasteiger partial charge in [0, 0.05) is 24.8 Å². The molecule has 1 aromatic carbocycles. The molecule has 0 aromatic heterocycles. The number of hydrogen-bond donors (Lipinski definition) is 1. The third kappa shape index (κ3) is 1.40. The largest absolute Gasteiger partial charge is 0.371 e. The zero-order valence-electron chi connectivity index (χ0n) is 9.12. The van der Waals surface area contributed by atoms with Crippen molar-refractivity contribution in [2.45, 2.75) is 32.4 Å². The van der Waals surface area contributed by atoms with Gasteiger partial charge in [0.2, 0.25) is 0 Å². The molecule has 76 valence electrons. The maximum absolute atomic E-state index is 5.87. The van der Waals surface area contributed by atoms with E-state index in [9.17, 15) is 0 Å². The van der Waals surface area contributed by atoms with Crippen LogP contribution in [0.4, 0.5) is 5.69 Å². The molecule has 1 aromatic rings. The van der Waals surface area contributed by atoms with E-state index in [2.05, 4.69) is 37.1 Å². The van der Waals surface area contributed by atoms with Crippen molar-refractivity contribution in [3.8, 4) is 0 Å². The van der Waals surface area contributed by atoms with Crippen LogP contribution in [-0.2, 0) is 6.42 Å². The van der Waals surface area contributed by atoms with E-state index in [4.69, 9.17) is 5.73 Å². The molecule has 0 aliphatic carbocycles. The molecule has 1 aliphatic heterocycles. The number of likely N-dealkylation sites (N-methyl/N-ethyl adjacent to an activating group) is 1. The minimum Gasteiger partial charge on any atom is -0.371 e. The van der Waals surface area contributed by atoms with Gasteiger partial charge in [-0.1, -0.05) is 12.1 Å². The zero-order valence-corrected chi connectivity index (χ0v) is 9.12. The SMILES string of the molecule is CC(N)c1ccc2c(c1)N(C)C(C)C2. The Balaban J connectivity index is 2.41. The summed E-state index contributed by atoms with van der Waals surface area (Å²) in [5.74, 6) is 0. The van der Waals surface area contributed by atoms with Gasteiger partial charge in [-0.2, -0.15) is 0 Å². The molecule has 1 heterocycles. The first-order chi connectivity index (χ1) is 6.59. The van der Waals surface area contributed by atoms with Gasteiger partial charge < -0.3 is 10.6 Å². The number of nitrogens with zero attached hydrogens (tertiary/aromatic N) is 1.